The van der Waals surface area contributed by atoms with Gasteiger partial charge in [-0.25, -0.2) is 0 Å². The van der Waals surface area contributed by atoms with Crippen LogP contribution in [-0.4, -0.2) is 27.2 Å². The summed E-state index contributed by atoms with van der Waals surface area (Å²) in [7, 11) is 0. The average molecular weight is 269 g/mol. The maximum atomic E-state index is 5.87. The second-order valence-electron chi connectivity index (χ2n) is 4.51. The summed E-state index contributed by atoms with van der Waals surface area (Å²) in [6.07, 6.45) is 2.55. The Balaban J connectivity index is 2.05. The van der Waals surface area contributed by atoms with Crippen molar-refractivity contribution in [3.05, 3.63) is 30.3 Å². The molecule has 1 atom stereocenters. The molecule has 0 amide bonds. The number of benzene rings is 1. The second-order valence-corrected chi connectivity index (χ2v) is 7.19. The van der Waals surface area contributed by atoms with E-state index in [2.05, 4.69) is 44.2 Å². The third kappa shape index (κ3) is 2.84. The molecule has 1 fully saturated rings. The molecule has 0 aromatic heterocycles. The SMILES string of the molecule is CC1(C)OCCCC1[Se]c1ccccc1. The van der Waals surface area contributed by atoms with E-state index in [-0.39, 0.29) is 5.60 Å². The Morgan fingerprint density at radius 1 is 1.27 bits per heavy atom. The van der Waals surface area contributed by atoms with Crippen LogP contribution in [0.4, 0.5) is 0 Å². The van der Waals surface area contributed by atoms with Gasteiger partial charge in [0.2, 0.25) is 0 Å². The van der Waals surface area contributed by atoms with Crippen LogP contribution in [0, 0.1) is 0 Å². The Hall–Kier alpha value is -0.301. The molecule has 1 nitrogen and oxygen atoms in total. The molecule has 2 rings (SSSR count). The molecule has 0 spiro atoms. The molecule has 15 heavy (non-hydrogen) atoms. The third-order valence-electron chi connectivity index (χ3n) is 2.88. The van der Waals surface area contributed by atoms with Gasteiger partial charge in [-0.3, -0.25) is 0 Å². The summed E-state index contributed by atoms with van der Waals surface area (Å²) >= 11 is 0.547. The molecule has 1 heterocycles. The van der Waals surface area contributed by atoms with Crippen LogP contribution in [0.2, 0.25) is 4.82 Å². The molecule has 0 radical (unpaired) electrons. The van der Waals surface area contributed by atoms with E-state index in [1.165, 1.54) is 17.3 Å². The monoisotopic (exact) mass is 270 g/mol. The molecule has 1 unspecified atom stereocenters. The first-order valence-corrected chi connectivity index (χ1v) is 7.39. The van der Waals surface area contributed by atoms with Crippen LogP contribution < -0.4 is 4.46 Å². The van der Waals surface area contributed by atoms with Gasteiger partial charge in [0.1, 0.15) is 0 Å². The zero-order chi connectivity index (χ0) is 10.7. The zero-order valence-electron chi connectivity index (χ0n) is 9.40. The molecule has 1 aromatic carbocycles. The van der Waals surface area contributed by atoms with E-state index in [0.29, 0.717) is 15.0 Å². The molecule has 0 bridgehead atoms. The van der Waals surface area contributed by atoms with E-state index in [1.54, 1.807) is 0 Å². The quantitative estimate of drug-likeness (QED) is 0.749. The van der Waals surface area contributed by atoms with Crippen molar-refractivity contribution in [2.75, 3.05) is 6.61 Å². The van der Waals surface area contributed by atoms with Gasteiger partial charge in [0.05, 0.1) is 0 Å². The van der Waals surface area contributed by atoms with Crippen LogP contribution >= 0.6 is 0 Å². The number of hydrogen-bond donors (Lipinski definition) is 0. The van der Waals surface area contributed by atoms with Crippen molar-refractivity contribution in [1.29, 1.82) is 0 Å². The fraction of sp³-hybridized carbons (Fsp3) is 0.538. The molecule has 1 aliphatic heterocycles. The summed E-state index contributed by atoms with van der Waals surface area (Å²) in [5.74, 6) is 0. The molecule has 2 heteroatoms. The van der Waals surface area contributed by atoms with E-state index in [4.69, 9.17) is 4.74 Å². The molecular weight excluding hydrogens is 251 g/mol. The summed E-state index contributed by atoms with van der Waals surface area (Å²) in [6, 6.07) is 10.8. The summed E-state index contributed by atoms with van der Waals surface area (Å²) in [4.78, 5) is 0.723. The van der Waals surface area contributed by atoms with Gasteiger partial charge in [-0.2, -0.15) is 0 Å². The van der Waals surface area contributed by atoms with Crippen LogP contribution in [0.1, 0.15) is 26.7 Å². The summed E-state index contributed by atoms with van der Waals surface area (Å²) < 4.78 is 7.36. The predicted octanol–water partition coefficient (Wildman–Crippen LogP) is 2.39. The van der Waals surface area contributed by atoms with Gasteiger partial charge in [0.15, 0.2) is 0 Å². The van der Waals surface area contributed by atoms with Gasteiger partial charge >= 0.3 is 98.2 Å². The fourth-order valence-electron chi connectivity index (χ4n) is 1.91. The van der Waals surface area contributed by atoms with Crippen molar-refractivity contribution >= 4 is 19.4 Å². The molecule has 0 aliphatic carbocycles. The fourth-order valence-corrected chi connectivity index (χ4v) is 4.59. The van der Waals surface area contributed by atoms with Gasteiger partial charge < -0.3 is 0 Å². The van der Waals surface area contributed by atoms with Crippen LogP contribution in [0.15, 0.2) is 30.3 Å². The van der Waals surface area contributed by atoms with E-state index in [9.17, 15) is 0 Å². The van der Waals surface area contributed by atoms with Crippen molar-refractivity contribution in [3.8, 4) is 0 Å². The first kappa shape index (κ1) is 11.2. The first-order valence-electron chi connectivity index (χ1n) is 5.54. The predicted molar refractivity (Wildman–Crippen MR) is 64.8 cm³/mol. The van der Waals surface area contributed by atoms with Crippen LogP contribution in [0.25, 0.3) is 0 Å². The molecule has 82 valence electrons. The van der Waals surface area contributed by atoms with Crippen molar-refractivity contribution in [2.45, 2.75) is 37.1 Å². The van der Waals surface area contributed by atoms with E-state index in [0.717, 1.165) is 11.4 Å². The molecule has 1 aromatic rings. The Labute approximate surface area is 98.4 Å². The van der Waals surface area contributed by atoms with Crippen molar-refractivity contribution in [2.24, 2.45) is 0 Å². The molecule has 0 N–H and O–H groups in total. The Morgan fingerprint density at radius 2 is 2.00 bits per heavy atom. The minimum atomic E-state index is 0.0775. The molecule has 0 saturated carbocycles. The topological polar surface area (TPSA) is 9.23 Å². The number of rotatable bonds is 2. The van der Waals surface area contributed by atoms with E-state index in [1.807, 2.05) is 0 Å². The van der Waals surface area contributed by atoms with Gasteiger partial charge in [-0.1, -0.05) is 0 Å². The normalized spacial score (nSPS) is 25.1. The average Bonchev–Trinajstić information content (AvgIpc) is 2.23. The van der Waals surface area contributed by atoms with Gasteiger partial charge in [0.25, 0.3) is 0 Å². The zero-order valence-corrected chi connectivity index (χ0v) is 11.1. The van der Waals surface area contributed by atoms with E-state index < -0.39 is 0 Å². The van der Waals surface area contributed by atoms with Crippen molar-refractivity contribution in [1.82, 2.24) is 0 Å². The standard InChI is InChI=1S/C13H18OSe/c1-13(2)12(9-6-10-14-13)15-11-7-4-3-5-8-11/h3-5,7-8,12H,6,9-10H2,1-2H3. The minimum absolute atomic E-state index is 0.0775. The van der Waals surface area contributed by atoms with Crippen LogP contribution in [0.5, 0.6) is 0 Å². The van der Waals surface area contributed by atoms with E-state index >= 15 is 0 Å². The van der Waals surface area contributed by atoms with Crippen molar-refractivity contribution in [3.63, 3.8) is 0 Å². The van der Waals surface area contributed by atoms with Gasteiger partial charge in [-0.15, -0.1) is 0 Å². The number of hydrogen-bond acceptors (Lipinski definition) is 1. The Bertz CT molecular complexity index is 308. The van der Waals surface area contributed by atoms with Gasteiger partial charge in [-0.05, 0) is 0 Å². The number of ether oxygens (including phenoxy) is 1. The Kier molecular flexibility index (Phi) is 3.50. The van der Waals surface area contributed by atoms with Crippen molar-refractivity contribution < 1.29 is 4.74 Å². The summed E-state index contributed by atoms with van der Waals surface area (Å²) in [5.41, 5.74) is 0.0775. The van der Waals surface area contributed by atoms with Crippen LogP contribution in [-0.2, 0) is 4.74 Å². The van der Waals surface area contributed by atoms with Gasteiger partial charge in [0, 0.05) is 0 Å². The molecule has 1 aliphatic rings. The third-order valence-corrected chi connectivity index (χ3v) is 6.31. The maximum absolute atomic E-state index is 5.87. The Morgan fingerprint density at radius 3 is 2.67 bits per heavy atom. The summed E-state index contributed by atoms with van der Waals surface area (Å²) in [6.45, 7) is 5.41. The molecular formula is C13H18OSe. The molecule has 1 saturated heterocycles. The second kappa shape index (κ2) is 4.69. The van der Waals surface area contributed by atoms with Crippen LogP contribution in [0.3, 0.4) is 0 Å². The summed E-state index contributed by atoms with van der Waals surface area (Å²) in [5, 5.41) is 0. The first-order chi connectivity index (χ1) is 7.18.